The van der Waals surface area contributed by atoms with Gasteiger partial charge in [0, 0.05) is 6.04 Å². The molecule has 5 heteroatoms. The van der Waals surface area contributed by atoms with E-state index >= 15 is 0 Å². The molecule has 1 heterocycles. The van der Waals surface area contributed by atoms with E-state index in [4.69, 9.17) is 4.74 Å². The Hall–Kier alpha value is -1.10. The van der Waals surface area contributed by atoms with Gasteiger partial charge in [0.05, 0.1) is 12.1 Å². The van der Waals surface area contributed by atoms with Crippen LogP contribution in [0.1, 0.15) is 43.6 Å². The molecule has 0 aromatic carbocycles. The van der Waals surface area contributed by atoms with Gasteiger partial charge in [-0.25, -0.2) is 9.78 Å². The van der Waals surface area contributed by atoms with Crippen molar-refractivity contribution in [2.75, 3.05) is 11.9 Å². The third-order valence-electron chi connectivity index (χ3n) is 3.25. The van der Waals surface area contributed by atoms with Crippen molar-refractivity contribution in [3.05, 3.63) is 11.2 Å². The second kappa shape index (κ2) is 5.49. The summed E-state index contributed by atoms with van der Waals surface area (Å²) in [6.45, 7) is 4.35. The molecule has 1 atom stereocenters. The zero-order valence-electron chi connectivity index (χ0n) is 10.2. The second-order valence-electron chi connectivity index (χ2n) is 4.37. The van der Waals surface area contributed by atoms with Gasteiger partial charge in [0.15, 0.2) is 5.69 Å². The number of esters is 1. The first-order valence-electron chi connectivity index (χ1n) is 6.09. The summed E-state index contributed by atoms with van der Waals surface area (Å²) in [5, 5.41) is 4.22. The maximum absolute atomic E-state index is 11.6. The Bertz CT molecular complexity index is 388. The Labute approximate surface area is 105 Å². The van der Waals surface area contributed by atoms with E-state index in [0.29, 0.717) is 18.3 Å². The molecule has 1 saturated carbocycles. The van der Waals surface area contributed by atoms with Crippen molar-refractivity contribution in [2.24, 2.45) is 5.92 Å². The second-order valence-corrected chi connectivity index (χ2v) is 5.23. The average molecular weight is 254 g/mol. The molecule has 0 bridgehead atoms. The van der Waals surface area contributed by atoms with Crippen LogP contribution in [-0.2, 0) is 4.74 Å². The normalized spacial score (nSPS) is 17.3. The van der Waals surface area contributed by atoms with Gasteiger partial charge in [0.2, 0.25) is 0 Å². The monoisotopic (exact) mass is 254 g/mol. The van der Waals surface area contributed by atoms with Gasteiger partial charge in [0.25, 0.3) is 0 Å². The fraction of sp³-hybridized carbons (Fsp3) is 0.667. The summed E-state index contributed by atoms with van der Waals surface area (Å²) in [7, 11) is 0. The molecule has 94 valence electrons. The number of carbonyl (C=O) groups is 1. The van der Waals surface area contributed by atoms with Crippen LogP contribution in [0, 0.1) is 5.92 Å². The lowest BCUT2D eigenvalue weighted by atomic mass is 9.80. The van der Waals surface area contributed by atoms with Crippen molar-refractivity contribution in [3.63, 3.8) is 0 Å². The van der Waals surface area contributed by atoms with Gasteiger partial charge in [-0.05, 0) is 32.6 Å². The molecule has 17 heavy (non-hydrogen) atoms. The summed E-state index contributed by atoms with van der Waals surface area (Å²) >= 11 is 1.46. The van der Waals surface area contributed by atoms with Crippen LogP contribution in [-0.4, -0.2) is 23.6 Å². The number of carbonyl (C=O) groups excluding carboxylic acids is 1. The van der Waals surface area contributed by atoms with E-state index in [1.807, 2.05) is 0 Å². The van der Waals surface area contributed by atoms with Crippen molar-refractivity contribution >= 4 is 22.3 Å². The summed E-state index contributed by atoms with van der Waals surface area (Å²) in [5.41, 5.74) is 2.10. The van der Waals surface area contributed by atoms with E-state index in [0.717, 1.165) is 10.9 Å². The number of thiazole rings is 1. The molecule has 0 aliphatic heterocycles. The molecule has 0 spiro atoms. The van der Waals surface area contributed by atoms with Crippen LogP contribution < -0.4 is 5.32 Å². The maximum atomic E-state index is 11.6. The standard InChI is InChI=1S/C12H18N2O2S/c1-3-16-12(15)10-11(17-7-13-10)14-8(2)9-5-4-6-9/h7-9,14H,3-6H2,1-2H3. The smallest absolute Gasteiger partial charge is 0.360 e. The van der Waals surface area contributed by atoms with Crippen molar-refractivity contribution < 1.29 is 9.53 Å². The first-order chi connectivity index (χ1) is 8.22. The van der Waals surface area contributed by atoms with E-state index in [1.54, 1.807) is 12.4 Å². The van der Waals surface area contributed by atoms with Gasteiger partial charge in [-0.15, -0.1) is 11.3 Å². The fourth-order valence-electron chi connectivity index (χ4n) is 1.96. The summed E-state index contributed by atoms with van der Waals surface area (Å²) in [6.07, 6.45) is 3.88. The number of hydrogen-bond acceptors (Lipinski definition) is 5. The van der Waals surface area contributed by atoms with Gasteiger partial charge in [-0.1, -0.05) is 6.42 Å². The molecule has 1 aliphatic carbocycles. The topological polar surface area (TPSA) is 51.2 Å². The molecule has 1 fully saturated rings. The molecule has 0 amide bonds. The van der Waals surface area contributed by atoms with Crippen LogP contribution >= 0.6 is 11.3 Å². The van der Waals surface area contributed by atoms with E-state index in [1.165, 1.54) is 30.6 Å². The zero-order chi connectivity index (χ0) is 12.3. The number of ether oxygens (including phenoxy) is 1. The lowest BCUT2D eigenvalue weighted by Gasteiger charge is -2.32. The Morgan fingerprint density at radius 1 is 1.71 bits per heavy atom. The highest BCUT2D eigenvalue weighted by atomic mass is 32.1. The predicted octanol–water partition coefficient (Wildman–Crippen LogP) is 2.92. The lowest BCUT2D eigenvalue weighted by Crippen LogP contribution is -2.31. The lowest BCUT2D eigenvalue weighted by molar-refractivity contribution is 0.0521. The van der Waals surface area contributed by atoms with Gasteiger partial charge in [-0.2, -0.15) is 0 Å². The molecule has 2 rings (SSSR count). The number of nitrogens with zero attached hydrogens (tertiary/aromatic N) is 1. The molecule has 1 aromatic rings. The maximum Gasteiger partial charge on any atom is 0.360 e. The SMILES string of the molecule is CCOC(=O)c1ncsc1NC(C)C1CCC1. The summed E-state index contributed by atoms with van der Waals surface area (Å²) in [6, 6.07) is 0.400. The first kappa shape index (κ1) is 12.4. The number of aromatic nitrogens is 1. The minimum absolute atomic E-state index is 0.336. The minimum Gasteiger partial charge on any atom is -0.461 e. The largest absolute Gasteiger partial charge is 0.461 e. The van der Waals surface area contributed by atoms with Crippen LogP contribution in [0.2, 0.25) is 0 Å². The number of anilines is 1. The predicted molar refractivity (Wildman–Crippen MR) is 68.5 cm³/mol. The fourth-order valence-corrected chi connectivity index (χ4v) is 2.72. The van der Waals surface area contributed by atoms with Crippen LogP contribution in [0.3, 0.4) is 0 Å². The number of hydrogen-bond donors (Lipinski definition) is 1. The highest BCUT2D eigenvalue weighted by Crippen LogP contribution is 2.32. The molecule has 0 radical (unpaired) electrons. The third-order valence-corrected chi connectivity index (χ3v) is 4.01. The zero-order valence-corrected chi connectivity index (χ0v) is 11.0. The number of rotatable bonds is 5. The highest BCUT2D eigenvalue weighted by molar-refractivity contribution is 7.14. The number of nitrogens with one attached hydrogen (secondary N) is 1. The summed E-state index contributed by atoms with van der Waals surface area (Å²) in [4.78, 5) is 15.7. The van der Waals surface area contributed by atoms with Crippen LogP contribution in [0.5, 0.6) is 0 Å². The molecular formula is C12H18N2O2S. The van der Waals surface area contributed by atoms with Crippen LogP contribution in [0.15, 0.2) is 5.51 Å². The van der Waals surface area contributed by atoms with E-state index < -0.39 is 0 Å². The Balaban J connectivity index is 2.00. The van der Waals surface area contributed by atoms with E-state index in [9.17, 15) is 4.79 Å². The minimum atomic E-state index is -0.336. The van der Waals surface area contributed by atoms with Gasteiger partial charge in [0.1, 0.15) is 5.00 Å². The van der Waals surface area contributed by atoms with Crippen LogP contribution in [0.4, 0.5) is 5.00 Å². The summed E-state index contributed by atoms with van der Waals surface area (Å²) in [5.74, 6) is 0.393. The van der Waals surface area contributed by atoms with Crippen molar-refractivity contribution in [2.45, 2.75) is 39.2 Å². The molecular weight excluding hydrogens is 236 g/mol. The highest BCUT2D eigenvalue weighted by Gasteiger charge is 2.26. The third kappa shape index (κ3) is 2.77. The first-order valence-corrected chi connectivity index (χ1v) is 6.97. The van der Waals surface area contributed by atoms with E-state index in [-0.39, 0.29) is 5.97 Å². The molecule has 1 N–H and O–H groups in total. The van der Waals surface area contributed by atoms with Crippen molar-refractivity contribution in [3.8, 4) is 0 Å². The quantitative estimate of drug-likeness (QED) is 0.821. The van der Waals surface area contributed by atoms with Crippen molar-refractivity contribution in [1.82, 2.24) is 4.98 Å². The van der Waals surface area contributed by atoms with Gasteiger partial charge in [-0.3, -0.25) is 0 Å². The van der Waals surface area contributed by atoms with Crippen LogP contribution in [0.25, 0.3) is 0 Å². The Kier molecular flexibility index (Phi) is 3.99. The Morgan fingerprint density at radius 2 is 2.47 bits per heavy atom. The Morgan fingerprint density at radius 3 is 3.06 bits per heavy atom. The van der Waals surface area contributed by atoms with Gasteiger partial charge >= 0.3 is 5.97 Å². The molecule has 1 aromatic heterocycles. The van der Waals surface area contributed by atoms with Gasteiger partial charge < -0.3 is 10.1 Å². The molecule has 0 saturated heterocycles. The summed E-state index contributed by atoms with van der Waals surface area (Å²) < 4.78 is 4.97. The van der Waals surface area contributed by atoms with E-state index in [2.05, 4.69) is 17.2 Å². The molecule has 4 nitrogen and oxygen atoms in total. The molecule has 1 unspecified atom stereocenters. The average Bonchev–Trinajstić information content (AvgIpc) is 2.63. The molecule has 1 aliphatic rings. The van der Waals surface area contributed by atoms with Crippen molar-refractivity contribution in [1.29, 1.82) is 0 Å².